The second-order valence-electron chi connectivity index (χ2n) is 3.15. The van der Waals surface area contributed by atoms with E-state index in [9.17, 15) is 4.79 Å². The van der Waals surface area contributed by atoms with Crippen molar-refractivity contribution in [3.05, 3.63) is 0 Å². The zero-order valence-corrected chi connectivity index (χ0v) is 9.65. The lowest BCUT2D eigenvalue weighted by Crippen LogP contribution is -2.14. The van der Waals surface area contributed by atoms with Gasteiger partial charge in [-0.2, -0.15) is 0 Å². The van der Waals surface area contributed by atoms with Gasteiger partial charge < -0.3 is 4.74 Å². The van der Waals surface area contributed by atoms with E-state index < -0.39 is 0 Å². The van der Waals surface area contributed by atoms with Crippen molar-refractivity contribution in [3.63, 3.8) is 0 Å². The Labute approximate surface area is 87.5 Å². The summed E-state index contributed by atoms with van der Waals surface area (Å²) in [4.78, 5) is 11.1. The van der Waals surface area contributed by atoms with Crippen molar-refractivity contribution in [2.24, 2.45) is 5.92 Å². The molecule has 0 N–H and O–H groups in total. The number of esters is 1. The van der Waals surface area contributed by atoms with Gasteiger partial charge in [-0.25, -0.2) is 0 Å². The highest BCUT2D eigenvalue weighted by Crippen LogP contribution is 2.10. The van der Waals surface area contributed by atoms with E-state index in [-0.39, 0.29) is 24.3 Å². The number of hydrogen-bond donors (Lipinski definition) is 0. The van der Waals surface area contributed by atoms with Crippen LogP contribution < -0.4 is 0 Å². The molecule has 1 unspecified atom stereocenters. The molecule has 3 heteroatoms. The maximum absolute atomic E-state index is 11.1. The first kappa shape index (κ1) is 15.2. The Morgan fingerprint density at radius 3 is 2.38 bits per heavy atom. The van der Waals surface area contributed by atoms with Crippen molar-refractivity contribution in [1.29, 1.82) is 0 Å². The molecule has 0 saturated heterocycles. The van der Waals surface area contributed by atoms with Gasteiger partial charge in [-0.15, -0.1) is 12.4 Å². The van der Waals surface area contributed by atoms with Crippen LogP contribution in [0.3, 0.4) is 0 Å². The minimum absolute atomic E-state index is 0. The Hall–Kier alpha value is -0.240. The minimum Gasteiger partial charge on any atom is -0.466 e. The van der Waals surface area contributed by atoms with Gasteiger partial charge in [0.25, 0.3) is 0 Å². The summed E-state index contributed by atoms with van der Waals surface area (Å²) in [6.07, 6.45) is 4.52. The van der Waals surface area contributed by atoms with Crippen LogP contribution in [0.2, 0.25) is 0 Å². The molecule has 0 aromatic carbocycles. The lowest BCUT2D eigenvalue weighted by atomic mass is 10.0. The monoisotopic (exact) mass is 208 g/mol. The number of rotatable bonds is 6. The molecule has 0 aliphatic heterocycles. The highest BCUT2D eigenvalue weighted by molar-refractivity contribution is 5.85. The van der Waals surface area contributed by atoms with Gasteiger partial charge in [0.2, 0.25) is 0 Å². The molecule has 13 heavy (non-hydrogen) atoms. The summed E-state index contributed by atoms with van der Waals surface area (Å²) in [7, 11) is 0. The molecule has 0 fully saturated rings. The maximum atomic E-state index is 11.1. The summed E-state index contributed by atoms with van der Waals surface area (Å²) >= 11 is 0. The van der Waals surface area contributed by atoms with Gasteiger partial charge in [-0.1, -0.05) is 33.1 Å². The quantitative estimate of drug-likeness (QED) is 0.495. The average molecular weight is 209 g/mol. The summed E-state index contributed by atoms with van der Waals surface area (Å²) in [6, 6.07) is 0. The summed E-state index contributed by atoms with van der Waals surface area (Å²) in [6.45, 7) is 6.44. The van der Waals surface area contributed by atoms with E-state index in [4.69, 9.17) is 4.74 Å². The standard InChI is InChI=1S/C10H20O2.ClH/c1-4-6-7-8-9(3)10(11)12-5-2;/h9H,4-8H2,1-3H3;1H. The summed E-state index contributed by atoms with van der Waals surface area (Å²) in [5, 5.41) is 0. The Kier molecular flexibility index (Phi) is 11.5. The smallest absolute Gasteiger partial charge is 0.308 e. The molecular formula is C10H21ClO2. The minimum atomic E-state index is -0.0476. The third kappa shape index (κ3) is 8.10. The van der Waals surface area contributed by atoms with Crippen LogP contribution in [0.25, 0.3) is 0 Å². The first-order chi connectivity index (χ1) is 5.72. The summed E-state index contributed by atoms with van der Waals surface area (Å²) in [5.41, 5.74) is 0. The van der Waals surface area contributed by atoms with Crippen LogP contribution in [0.1, 0.15) is 46.5 Å². The van der Waals surface area contributed by atoms with Crippen molar-refractivity contribution >= 4 is 18.4 Å². The topological polar surface area (TPSA) is 26.3 Å². The van der Waals surface area contributed by atoms with Crippen LogP contribution in [0, 0.1) is 5.92 Å². The van der Waals surface area contributed by atoms with Crippen molar-refractivity contribution in [3.8, 4) is 0 Å². The highest BCUT2D eigenvalue weighted by Gasteiger charge is 2.12. The molecule has 80 valence electrons. The molecular weight excluding hydrogens is 188 g/mol. The molecule has 0 rings (SSSR count). The van der Waals surface area contributed by atoms with Gasteiger partial charge in [0.15, 0.2) is 0 Å². The molecule has 0 radical (unpaired) electrons. The summed E-state index contributed by atoms with van der Waals surface area (Å²) < 4.78 is 4.90. The van der Waals surface area contributed by atoms with E-state index >= 15 is 0 Å². The molecule has 0 aromatic heterocycles. The highest BCUT2D eigenvalue weighted by atomic mass is 35.5. The summed E-state index contributed by atoms with van der Waals surface area (Å²) in [5.74, 6) is 0.0325. The van der Waals surface area contributed by atoms with Crippen molar-refractivity contribution in [2.75, 3.05) is 6.61 Å². The van der Waals surface area contributed by atoms with Crippen LogP contribution in [-0.4, -0.2) is 12.6 Å². The predicted octanol–water partition coefficient (Wildman–Crippen LogP) is 3.19. The maximum Gasteiger partial charge on any atom is 0.308 e. The Balaban J connectivity index is 0. The zero-order chi connectivity index (χ0) is 9.40. The second-order valence-corrected chi connectivity index (χ2v) is 3.15. The van der Waals surface area contributed by atoms with Gasteiger partial charge in [-0.05, 0) is 13.3 Å². The first-order valence-corrected chi connectivity index (χ1v) is 4.89. The lowest BCUT2D eigenvalue weighted by molar-refractivity contribution is -0.147. The van der Waals surface area contributed by atoms with Crippen LogP contribution >= 0.6 is 12.4 Å². The fourth-order valence-electron chi connectivity index (χ4n) is 1.10. The molecule has 0 aliphatic rings. The van der Waals surface area contributed by atoms with Crippen molar-refractivity contribution < 1.29 is 9.53 Å². The van der Waals surface area contributed by atoms with E-state index in [0.29, 0.717) is 6.61 Å². The fourth-order valence-corrected chi connectivity index (χ4v) is 1.10. The number of ether oxygens (including phenoxy) is 1. The molecule has 0 heterocycles. The normalized spacial score (nSPS) is 11.6. The third-order valence-electron chi connectivity index (χ3n) is 1.93. The van der Waals surface area contributed by atoms with E-state index in [1.807, 2.05) is 13.8 Å². The van der Waals surface area contributed by atoms with E-state index in [0.717, 1.165) is 12.8 Å². The lowest BCUT2D eigenvalue weighted by Gasteiger charge is -2.09. The number of unbranched alkanes of at least 4 members (excludes halogenated alkanes) is 2. The van der Waals surface area contributed by atoms with Crippen LogP contribution in [0.4, 0.5) is 0 Å². The SMILES string of the molecule is CCCCCC(C)C(=O)OCC.Cl. The van der Waals surface area contributed by atoms with Crippen LogP contribution in [0.5, 0.6) is 0 Å². The van der Waals surface area contributed by atoms with E-state index in [1.54, 1.807) is 0 Å². The third-order valence-corrected chi connectivity index (χ3v) is 1.93. The van der Waals surface area contributed by atoms with E-state index in [1.165, 1.54) is 12.8 Å². The number of halogens is 1. The molecule has 0 aromatic rings. The average Bonchev–Trinajstić information content (AvgIpc) is 2.05. The van der Waals surface area contributed by atoms with Crippen LogP contribution in [-0.2, 0) is 9.53 Å². The molecule has 0 bridgehead atoms. The molecule has 0 saturated carbocycles. The number of carbonyl (C=O) groups excluding carboxylic acids is 1. The zero-order valence-electron chi connectivity index (χ0n) is 8.84. The fraction of sp³-hybridized carbons (Fsp3) is 0.900. The molecule has 0 aliphatic carbocycles. The largest absolute Gasteiger partial charge is 0.466 e. The van der Waals surface area contributed by atoms with Crippen molar-refractivity contribution in [2.45, 2.75) is 46.5 Å². The van der Waals surface area contributed by atoms with Crippen molar-refractivity contribution in [1.82, 2.24) is 0 Å². The second kappa shape index (κ2) is 9.85. The molecule has 2 nitrogen and oxygen atoms in total. The number of hydrogen-bond acceptors (Lipinski definition) is 2. The molecule has 1 atom stereocenters. The molecule has 0 spiro atoms. The van der Waals surface area contributed by atoms with E-state index in [2.05, 4.69) is 6.92 Å². The van der Waals surface area contributed by atoms with Gasteiger partial charge >= 0.3 is 5.97 Å². The Bertz CT molecular complexity index is 126. The van der Waals surface area contributed by atoms with Gasteiger partial charge in [0, 0.05) is 0 Å². The Morgan fingerprint density at radius 1 is 1.31 bits per heavy atom. The first-order valence-electron chi connectivity index (χ1n) is 4.89. The van der Waals surface area contributed by atoms with Crippen LogP contribution in [0.15, 0.2) is 0 Å². The Morgan fingerprint density at radius 2 is 1.92 bits per heavy atom. The predicted molar refractivity (Wildman–Crippen MR) is 57.2 cm³/mol. The van der Waals surface area contributed by atoms with Gasteiger partial charge in [-0.3, -0.25) is 4.79 Å². The van der Waals surface area contributed by atoms with Gasteiger partial charge in [0.05, 0.1) is 12.5 Å². The molecule has 0 amide bonds. The number of carbonyl (C=O) groups is 1. The van der Waals surface area contributed by atoms with Gasteiger partial charge in [0.1, 0.15) is 0 Å².